The Bertz CT molecular complexity index is 1000. The molecule has 1 aromatic heterocycles. The summed E-state index contributed by atoms with van der Waals surface area (Å²) in [7, 11) is 0. The molecule has 142 valence electrons. The fraction of sp³-hybridized carbons (Fsp3) is 0.200. The molecule has 2 aromatic rings. The first-order valence-corrected chi connectivity index (χ1v) is 9.15. The summed E-state index contributed by atoms with van der Waals surface area (Å²) in [5.41, 5.74) is 2.10. The van der Waals surface area contributed by atoms with Crippen molar-refractivity contribution in [2.75, 3.05) is 6.54 Å². The van der Waals surface area contributed by atoms with Gasteiger partial charge in [0.05, 0.1) is 6.26 Å². The largest absolute Gasteiger partial charge is 0.461 e. The fourth-order valence-corrected chi connectivity index (χ4v) is 2.91. The van der Waals surface area contributed by atoms with Gasteiger partial charge in [0.15, 0.2) is 12.0 Å². The zero-order valence-corrected chi connectivity index (χ0v) is 15.5. The monoisotopic (exact) mass is 377 g/mol. The highest BCUT2D eigenvalue weighted by atomic mass is 16.3. The van der Waals surface area contributed by atoms with Crippen molar-refractivity contribution in [1.82, 2.24) is 5.32 Å². The number of carbonyl (C=O) groups excluding carboxylic acids is 1. The number of rotatable bonds is 6. The van der Waals surface area contributed by atoms with E-state index in [4.69, 9.17) is 10.3 Å². The zero-order chi connectivity index (χ0) is 19.6. The Labute approximate surface area is 162 Å². The van der Waals surface area contributed by atoms with Gasteiger partial charge in [-0.1, -0.05) is 25.5 Å². The van der Waals surface area contributed by atoms with Gasteiger partial charge in [-0.15, -0.1) is 5.84 Å². The summed E-state index contributed by atoms with van der Waals surface area (Å²) in [6.45, 7) is 2.77. The van der Waals surface area contributed by atoms with Crippen molar-refractivity contribution < 1.29 is 13.9 Å². The molecule has 2 aliphatic rings. The van der Waals surface area contributed by atoms with Gasteiger partial charge in [0.1, 0.15) is 11.9 Å². The number of furan rings is 1. The number of benzene rings is 1. The molecular formula is C20H21N6O2+. The van der Waals surface area contributed by atoms with Crippen LogP contribution < -0.4 is 11.2 Å². The van der Waals surface area contributed by atoms with E-state index in [2.05, 4.69) is 27.3 Å². The summed E-state index contributed by atoms with van der Waals surface area (Å²) in [5, 5.41) is 7.36. The van der Waals surface area contributed by atoms with Gasteiger partial charge in [-0.05, 0) is 40.5 Å². The topological polar surface area (TPSA) is 105 Å². The van der Waals surface area contributed by atoms with Crippen molar-refractivity contribution in [3.05, 3.63) is 65.7 Å². The molecule has 0 fully saturated rings. The Morgan fingerprint density at radius 1 is 1.25 bits per heavy atom. The number of nitrogens with one attached hydrogen (secondary N) is 1. The van der Waals surface area contributed by atoms with E-state index in [1.807, 2.05) is 12.1 Å². The minimum atomic E-state index is -0.325. The molecule has 1 amide bonds. The fourth-order valence-electron chi connectivity index (χ4n) is 2.91. The molecule has 4 rings (SSSR count). The molecule has 3 N–H and O–H groups in total. The number of nitrogens with two attached hydrogens (primary N) is 1. The molecule has 1 aromatic carbocycles. The van der Waals surface area contributed by atoms with Crippen LogP contribution in [0.15, 0.2) is 68.4 Å². The van der Waals surface area contributed by atoms with E-state index >= 15 is 0 Å². The van der Waals surface area contributed by atoms with Crippen LogP contribution in [0.5, 0.6) is 0 Å². The van der Waals surface area contributed by atoms with Crippen LogP contribution >= 0.6 is 0 Å². The van der Waals surface area contributed by atoms with E-state index in [0.29, 0.717) is 35.2 Å². The van der Waals surface area contributed by atoms with E-state index in [1.54, 1.807) is 42.9 Å². The lowest BCUT2D eigenvalue weighted by Gasteiger charge is -2.19. The average molecular weight is 377 g/mol. The highest BCUT2D eigenvalue weighted by Crippen LogP contribution is 2.26. The maximum Gasteiger partial charge on any atom is 0.300 e. The number of quaternary nitrogens is 1. The van der Waals surface area contributed by atoms with Gasteiger partial charge >= 0.3 is 0 Å². The molecular weight excluding hydrogens is 356 g/mol. The number of carbonyl (C=O) groups is 1. The molecule has 0 spiro atoms. The third-order valence-corrected chi connectivity index (χ3v) is 4.49. The molecule has 0 aliphatic carbocycles. The Morgan fingerprint density at radius 3 is 2.79 bits per heavy atom. The summed E-state index contributed by atoms with van der Waals surface area (Å²) < 4.78 is 5.02. The van der Waals surface area contributed by atoms with Crippen molar-refractivity contribution >= 4 is 29.5 Å². The van der Waals surface area contributed by atoms with Crippen LogP contribution in [-0.4, -0.2) is 35.0 Å². The van der Waals surface area contributed by atoms with Crippen LogP contribution in [0.3, 0.4) is 0 Å². The summed E-state index contributed by atoms with van der Waals surface area (Å²) in [6, 6.07) is 10.8. The first-order chi connectivity index (χ1) is 13.6. The van der Waals surface area contributed by atoms with E-state index in [-0.39, 0.29) is 10.6 Å². The van der Waals surface area contributed by atoms with Gasteiger partial charge in [0.2, 0.25) is 0 Å². The number of aliphatic imine (C=N–C) groups is 2. The van der Waals surface area contributed by atoms with E-state index in [9.17, 15) is 4.79 Å². The van der Waals surface area contributed by atoms with Crippen molar-refractivity contribution in [2.45, 2.75) is 19.8 Å². The molecule has 0 bridgehead atoms. The third-order valence-electron chi connectivity index (χ3n) is 4.49. The normalized spacial score (nSPS) is 20.3. The number of amides is 1. The highest BCUT2D eigenvalue weighted by molar-refractivity contribution is 6.32. The first kappa shape index (κ1) is 18.0. The van der Waals surface area contributed by atoms with Crippen LogP contribution in [0, 0.1) is 0 Å². The Morgan fingerprint density at radius 2 is 2.07 bits per heavy atom. The van der Waals surface area contributed by atoms with Crippen molar-refractivity contribution in [3.8, 4) is 0 Å². The number of unbranched alkanes of at least 4 members (excludes halogenated alkanes) is 1. The third kappa shape index (κ3) is 3.42. The number of hydrogen-bond donors (Lipinski definition) is 2. The molecule has 2 aliphatic heterocycles. The maximum absolute atomic E-state index is 12.1. The van der Waals surface area contributed by atoms with E-state index in [1.165, 1.54) is 0 Å². The number of amidine groups is 2. The molecule has 3 heterocycles. The quantitative estimate of drug-likeness (QED) is 0.459. The van der Waals surface area contributed by atoms with E-state index in [0.717, 1.165) is 18.4 Å². The molecule has 1 atom stereocenters. The van der Waals surface area contributed by atoms with Crippen molar-refractivity contribution in [3.63, 3.8) is 0 Å². The molecule has 8 nitrogen and oxygen atoms in total. The second-order valence-electron chi connectivity index (χ2n) is 6.57. The van der Waals surface area contributed by atoms with Gasteiger partial charge in [-0.2, -0.15) is 4.99 Å². The lowest BCUT2D eigenvalue weighted by atomic mass is 10.1. The summed E-state index contributed by atoms with van der Waals surface area (Å²) in [6.07, 6.45) is 6.88. The Kier molecular flexibility index (Phi) is 4.72. The Balaban J connectivity index is 1.54. The maximum atomic E-state index is 12.1. The lowest BCUT2D eigenvalue weighted by molar-refractivity contribution is -0.802. The predicted octanol–water partition coefficient (Wildman–Crippen LogP) is 2.66. The molecule has 1 unspecified atom stereocenters. The molecule has 28 heavy (non-hydrogen) atoms. The number of fused-ring (bicyclic) bond motifs is 1. The van der Waals surface area contributed by atoms with Gasteiger partial charge in [-0.3, -0.25) is 4.79 Å². The number of nitrogens with zero attached hydrogens (tertiary/aromatic N) is 4. The van der Waals surface area contributed by atoms with Crippen molar-refractivity contribution in [2.24, 2.45) is 20.9 Å². The van der Waals surface area contributed by atoms with Gasteiger partial charge in [0.25, 0.3) is 17.6 Å². The lowest BCUT2D eigenvalue weighted by Crippen LogP contribution is -2.50. The van der Waals surface area contributed by atoms with Crippen LogP contribution in [-0.2, 0) is 0 Å². The molecule has 0 saturated carbocycles. The molecule has 8 heteroatoms. The second kappa shape index (κ2) is 7.34. The Hall–Kier alpha value is -3.36. The van der Waals surface area contributed by atoms with Crippen LogP contribution in [0.2, 0.25) is 0 Å². The molecule has 0 radical (unpaired) electrons. The summed E-state index contributed by atoms with van der Waals surface area (Å²) in [5.74, 6) is 7.77. The molecule has 0 saturated heterocycles. The predicted molar refractivity (Wildman–Crippen MR) is 107 cm³/mol. The van der Waals surface area contributed by atoms with E-state index < -0.39 is 0 Å². The zero-order valence-electron chi connectivity index (χ0n) is 15.5. The number of hydrogen-bond acceptors (Lipinski definition) is 6. The smallest absolute Gasteiger partial charge is 0.300 e. The van der Waals surface area contributed by atoms with Crippen LogP contribution in [0.25, 0.3) is 5.70 Å². The van der Waals surface area contributed by atoms with Crippen LogP contribution in [0.4, 0.5) is 0 Å². The van der Waals surface area contributed by atoms with Gasteiger partial charge in [-0.25, -0.2) is 4.99 Å². The van der Waals surface area contributed by atoms with Gasteiger partial charge < -0.3 is 9.73 Å². The first-order valence-electron chi connectivity index (χ1n) is 9.15. The SMILES string of the molecule is CCCCNC(=O)c1ccc(C2=C[N+]3(N)N=C(c4ccco4)N=C3C=N2)cc1. The summed E-state index contributed by atoms with van der Waals surface area (Å²) in [4.78, 5) is 21.0. The van der Waals surface area contributed by atoms with Crippen LogP contribution in [0.1, 0.15) is 41.4 Å². The summed E-state index contributed by atoms with van der Waals surface area (Å²) >= 11 is 0. The highest BCUT2D eigenvalue weighted by Gasteiger charge is 2.40. The minimum absolute atomic E-state index is 0.0786. The standard InChI is InChI=1S/C20H20N6O2/c1-2-3-10-22-20(27)15-8-6-14(7-9-15)16-13-26(21)18(12-23-16)24-19(25-26)17-5-4-11-28-17/h4-9,11-13H,2-3,10,21H2,1H3/p+1. The average Bonchev–Trinajstić information content (AvgIpc) is 3.35. The van der Waals surface area contributed by atoms with Crippen molar-refractivity contribution in [1.29, 1.82) is 0 Å². The van der Waals surface area contributed by atoms with Gasteiger partial charge in [0, 0.05) is 17.7 Å². The second-order valence-corrected chi connectivity index (χ2v) is 6.57. The minimum Gasteiger partial charge on any atom is -0.461 e.